The van der Waals surface area contributed by atoms with Crippen LogP contribution >= 0.6 is 11.8 Å². The zero-order valence-electron chi connectivity index (χ0n) is 10.4. The first kappa shape index (κ1) is 13.6. The maximum Gasteiger partial charge on any atom is 0.0522 e. The smallest absolute Gasteiger partial charge is 0.0522 e. The molecular weight excluding hydrogens is 218 g/mol. The maximum absolute atomic E-state index is 4.02. The highest BCUT2D eigenvalue weighted by Crippen LogP contribution is 2.05. The Labute approximate surface area is 103 Å². The minimum Gasteiger partial charge on any atom is -0.317 e. The van der Waals surface area contributed by atoms with Gasteiger partial charge in [-0.05, 0) is 63.3 Å². The van der Waals surface area contributed by atoms with Crippen LogP contribution in [0.4, 0.5) is 0 Å². The van der Waals surface area contributed by atoms with Crippen LogP contribution in [0, 0.1) is 6.92 Å². The SMILES string of the molecule is CSCCCCNCCCc1cn[nH]c1C. The molecule has 1 aromatic heterocycles. The first-order valence-corrected chi connectivity index (χ1v) is 7.42. The highest BCUT2D eigenvalue weighted by Gasteiger charge is 1.98. The van der Waals surface area contributed by atoms with Gasteiger partial charge in [-0.1, -0.05) is 0 Å². The van der Waals surface area contributed by atoms with Crippen molar-refractivity contribution < 1.29 is 0 Å². The molecule has 0 saturated carbocycles. The molecule has 0 bridgehead atoms. The Morgan fingerprint density at radius 1 is 1.31 bits per heavy atom. The molecule has 4 heteroatoms. The zero-order chi connectivity index (χ0) is 11.6. The van der Waals surface area contributed by atoms with Crippen molar-refractivity contribution in [2.24, 2.45) is 0 Å². The quantitative estimate of drug-likeness (QED) is 0.652. The van der Waals surface area contributed by atoms with E-state index in [0.29, 0.717) is 0 Å². The molecule has 1 heterocycles. The van der Waals surface area contributed by atoms with Gasteiger partial charge in [0.25, 0.3) is 0 Å². The number of aryl methyl sites for hydroxylation is 2. The first-order valence-electron chi connectivity index (χ1n) is 6.03. The van der Waals surface area contributed by atoms with Crippen molar-refractivity contribution in [3.8, 4) is 0 Å². The fourth-order valence-corrected chi connectivity index (χ4v) is 2.15. The van der Waals surface area contributed by atoms with Crippen molar-refractivity contribution in [2.45, 2.75) is 32.6 Å². The van der Waals surface area contributed by atoms with Crippen molar-refractivity contribution in [2.75, 3.05) is 25.1 Å². The first-order chi connectivity index (χ1) is 7.84. The average Bonchev–Trinajstić information content (AvgIpc) is 2.68. The van der Waals surface area contributed by atoms with Gasteiger partial charge in [-0.2, -0.15) is 16.9 Å². The molecule has 0 unspecified atom stereocenters. The molecule has 0 atom stereocenters. The normalized spacial score (nSPS) is 10.9. The lowest BCUT2D eigenvalue weighted by molar-refractivity contribution is 0.618. The molecule has 0 fully saturated rings. The Hall–Kier alpha value is -0.480. The van der Waals surface area contributed by atoms with Gasteiger partial charge in [0.05, 0.1) is 6.20 Å². The summed E-state index contributed by atoms with van der Waals surface area (Å²) in [6.07, 6.45) is 9.05. The maximum atomic E-state index is 4.02. The third kappa shape index (κ3) is 5.56. The monoisotopic (exact) mass is 241 g/mol. The number of thioether (sulfide) groups is 1. The molecule has 1 aromatic rings. The summed E-state index contributed by atoms with van der Waals surface area (Å²) in [5.41, 5.74) is 2.56. The predicted octanol–water partition coefficient (Wildman–Crippen LogP) is 2.38. The topological polar surface area (TPSA) is 40.7 Å². The lowest BCUT2D eigenvalue weighted by Crippen LogP contribution is -2.17. The highest BCUT2D eigenvalue weighted by atomic mass is 32.2. The molecule has 16 heavy (non-hydrogen) atoms. The summed E-state index contributed by atoms with van der Waals surface area (Å²) in [5.74, 6) is 1.29. The van der Waals surface area contributed by atoms with Gasteiger partial charge in [0, 0.05) is 5.69 Å². The molecule has 0 spiro atoms. The van der Waals surface area contributed by atoms with Crippen LogP contribution in [-0.4, -0.2) is 35.3 Å². The van der Waals surface area contributed by atoms with Gasteiger partial charge in [-0.15, -0.1) is 0 Å². The summed E-state index contributed by atoms with van der Waals surface area (Å²) < 4.78 is 0. The summed E-state index contributed by atoms with van der Waals surface area (Å²) in [6, 6.07) is 0. The molecule has 1 rings (SSSR count). The Morgan fingerprint density at radius 3 is 2.81 bits per heavy atom. The van der Waals surface area contributed by atoms with Crippen LogP contribution in [0.15, 0.2) is 6.20 Å². The molecule has 3 nitrogen and oxygen atoms in total. The van der Waals surface area contributed by atoms with Gasteiger partial charge >= 0.3 is 0 Å². The van der Waals surface area contributed by atoms with E-state index in [1.54, 1.807) is 0 Å². The van der Waals surface area contributed by atoms with Gasteiger partial charge in [0.1, 0.15) is 0 Å². The van der Waals surface area contributed by atoms with Crippen molar-refractivity contribution in [1.29, 1.82) is 0 Å². The van der Waals surface area contributed by atoms with E-state index < -0.39 is 0 Å². The van der Waals surface area contributed by atoms with E-state index >= 15 is 0 Å². The van der Waals surface area contributed by atoms with Crippen LogP contribution < -0.4 is 5.32 Å². The molecule has 0 aromatic carbocycles. The van der Waals surface area contributed by atoms with E-state index in [2.05, 4.69) is 28.7 Å². The average molecular weight is 241 g/mol. The van der Waals surface area contributed by atoms with Gasteiger partial charge in [-0.25, -0.2) is 0 Å². The number of hydrogen-bond donors (Lipinski definition) is 2. The van der Waals surface area contributed by atoms with E-state index in [9.17, 15) is 0 Å². The molecular formula is C12H23N3S. The summed E-state index contributed by atoms with van der Waals surface area (Å²) in [7, 11) is 0. The standard InChI is InChI=1S/C12H23N3S/c1-11-12(10-14-15-11)6-5-8-13-7-3-4-9-16-2/h10,13H,3-9H2,1-2H3,(H,14,15). The largest absolute Gasteiger partial charge is 0.317 e. The highest BCUT2D eigenvalue weighted by molar-refractivity contribution is 7.98. The molecule has 0 saturated heterocycles. The van der Waals surface area contributed by atoms with Crippen LogP contribution in [0.25, 0.3) is 0 Å². The summed E-state index contributed by atoms with van der Waals surface area (Å²) in [6.45, 7) is 4.35. The van der Waals surface area contributed by atoms with E-state index in [4.69, 9.17) is 0 Å². The van der Waals surface area contributed by atoms with E-state index in [1.165, 1.54) is 36.3 Å². The van der Waals surface area contributed by atoms with Crippen LogP contribution in [0.3, 0.4) is 0 Å². The number of nitrogens with zero attached hydrogens (tertiary/aromatic N) is 1. The lowest BCUT2D eigenvalue weighted by atomic mass is 10.1. The third-order valence-corrected chi connectivity index (χ3v) is 3.38. The summed E-state index contributed by atoms with van der Waals surface area (Å²) in [5, 5.41) is 10.5. The Bertz CT molecular complexity index is 273. The van der Waals surface area contributed by atoms with Gasteiger partial charge in [0.2, 0.25) is 0 Å². The van der Waals surface area contributed by atoms with Gasteiger partial charge in [0.15, 0.2) is 0 Å². The van der Waals surface area contributed by atoms with Gasteiger partial charge in [-0.3, -0.25) is 5.10 Å². The van der Waals surface area contributed by atoms with E-state index in [0.717, 1.165) is 19.5 Å². The van der Waals surface area contributed by atoms with E-state index in [1.807, 2.05) is 18.0 Å². The number of rotatable bonds is 9. The van der Waals surface area contributed by atoms with Crippen LogP contribution in [0.2, 0.25) is 0 Å². The lowest BCUT2D eigenvalue weighted by Gasteiger charge is -2.04. The number of hydrogen-bond acceptors (Lipinski definition) is 3. The molecule has 0 amide bonds. The van der Waals surface area contributed by atoms with Crippen LogP contribution in [0.5, 0.6) is 0 Å². The predicted molar refractivity (Wildman–Crippen MR) is 72.1 cm³/mol. The molecule has 0 aliphatic heterocycles. The number of nitrogens with one attached hydrogen (secondary N) is 2. The fraction of sp³-hybridized carbons (Fsp3) is 0.750. The summed E-state index contributed by atoms with van der Waals surface area (Å²) >= 11 is 1.93. The van der Waals surface area contributed by atoms with Crippen molar-refractivity contribution in [3.05, 3.63) is 17.5 Å². The van der Waals surface area contributed by atoms with Crippen LogP contribution in [0.1, 0.15) is 30.5 Å². The number of aromatic amines is 1. The van der Waals surface area contributed by atoms with Crippen LogP contribution in [-0.2, 0) is 6.42 Å². The Kier molecular flexibility index (Phi) is 7.34. The second kappa shape index (κ2) is 8.65. The Morgan fingerprint density at radius 2 is 2.12 bits per heavy atom. The minimum absolute atomic E-state index is 1.11. The number of unbranched alkanes of at least 4 members (excludes halogenated alkanes) is 1. The van der Waals surface area contributed by atoms with Gasteiger partial charge < -0.3 is 5.32 Å². The molecule has 92 valence electrons. The minimum atomic E-state index is 1.11. The second-order valence-electron chi connectivity index (χ2n) is 4.07. The number of aromatic nitrogens is 2. The van der Waals surface area contributed by atoms with Crippen molar-refractivity contribution >= 4 is 11.8 Å². The molecule has 0 aliphatic rings. The Balaban J connectivity index is 1.91. The van der Waals surface area contributed by atoms with E-state index in [-0.39, 0.29) is 0 Å². The van der Waals surface area contributed by atoms with Crippen molar-refractivity contribution in [1.82, 2.24) is 15.5 Å². The third-order valence-electron chi connectivity index (χ3n) is 2.69. The second-order valence-corrected chi connectivity index (χ2v) is 5.06. The molecule has 0 aliphatic carbocycles. The molecule has 2 N–H and O–H groups in total. The summed E-state index contributed by atoms with van der Waals surface area (Å²) in [4.78, 5) is 0. The fourth-order valence-electron chi connectivity index (χ4n) is 1.65. The van der Waals surface area contributed by atoms with Crippen molar-refractivity contribution in [3.63, 3.8) is 0 Å². The number of H-pyrrole nitrogens is 1. The zero-order valence-corrected chi connectivity index (χ0v) is 11.2. The molecule has 0 radical (unpaired) electrons.